The van der Waals surface area contributed by atoms with E-state index in [1.807, 2.05) is 25.4 Å². The van der Waals surface area contributed by atoms with Gasteiger partial charge in [0.25, 0.3) is 0 Å². The van der Waals surface area contributed by atoms with Crippen molar-refractivity contribution in [1.29, 1.82) is 0 Å². The molecule has 0 radical (unpaired) electrons. The maximum Gasteiger partial charge on any atom is 0.357 e. The first-order chi connectivity index (χ1) is 6.33. The highest BCUT2D eigenvalue weighted by atomic mass is 16.4. The molecular formula is C10H12BNO. The molecule has 0 spiro atoms. The third-order valence-electron chi connectivity index (χ3n) is 2.36. The molecule has 1 aliphatic rings. The van der Waals surface area contributed by atoms with Crippen LogP contribution in [0.3, 0.4) is 0 Å². The highest BCUT2D eigenvalue weighted by Crippen LogP contribution is 2.15. The monoisotopic (exact) mass is 173 g/mol. The van der Waals surface area contributed by atoms with Gasteiger partial charge in [0.05, 0.1) is 0 Å². The lowest BCUT2D eigenvalue weighted by Gasteiger charge is -2.24. The number of fused-ring (bicyclic) bond motifs is 1. The lowest BCUT2D eigenvalue weighted by Crippen LogP contribution is -2.38. The molecule has 13 heavy (non-hydrogen) atoms. The van der Waals surface area contributed by atoms with Gasteiger partial charge in [-0.05, 0) is 17.7 Å². The number of nitrogens with zero attached hydrogens (tertiary/aromatic N) is 1. The van der Waals surface area contributed by atoms with Crippen LogP contribution in [0.15, 0.2) is 36.4 Å². The first-order valence-corrected chi connectivity index (χ1v) is 4.36. The zero-order valence-corrected chi connectivity index (χ0v) is 7.90. The molecule has 2 nitrogen and oxygen atoms in total. The average Bonchev–Trinajstić information content (AvgIpc) is 2.19. The van der Waals surface area contributed by atoms with Crippen molar-refractivity contribution >= 4 is 18.1 Å². The van der Waals surface area contributed by atoms with Crippen LogP contribution in [-0.4, -0.2) is 21.1 Å². The van der Waals surface area contributed by atoms with E-state index in [9.17, 15) is 0 Å². The Morgan fingerprint density at radius 2 is 2.08 bits per heavy atom. The molecule has 1 aromatic rings. The molecule has 0 saturated carbocycles. The Bertz CT molecular complexity index is 337. The van der Waals surface area contributed by atoms with Crippen molar-refractivity contribution in [3.8, 4) is 0 Å². The minimum absolute atomic E-state index is 0.104. The normalized spacial score (nSPS) is 14.6. The largest absolute Gasteiger partial charge is 0.430 e. The Morgan fingerprint density at radius 3 is 2.85 bits per heavy atom. The molecule has 0 atom stereocenters. The SMILES string of the molecule is COB1C=CN(C)c2ccccc21. The van der Waals surface area contributed by atoms with Crippen LogP contribution in [0.2, 0.25) is 0 Å². The Balaban J connectivity index is 2.48. The van der Waals surface area contributed by atoms with Crippen LogP contribution in [0.4, 0.5) is 5.69 Å². The summed E-state index contributed by atoms with van der Waals surface area (Å²) >= 11 is 0. The van der Waals surface area contributed by atoms with E-state index in [0.717, 1.165) is 0 Å². The topological polar surface area (TPSA) is 12.5 Å². The van der Waals surface area contributed by atoms with E-state index in [1.165, 1.54) is 11.2 Å². The van der Waals surface area contributed by atoms with Gasteiger partial charge in [-0.2, -0.15) is 0 Å². The molecule has 0 aliphatic carbocycles. The van der Waals surface area contributed by atoms with Gasteiger partial charge in [0.2, 0.25) is 0 Å². The van der Waals surface area contributed by atoms with E-state index < -0.39 is 0 Å². The quantitative estimate of drug-likeness (QED) is 0.588. The molecule has 3 heteroatoms. The molecule has 2 rings (SSSR count). The fraction of sp³-hybridized carbons (Fsp3) is 0.200. The first-order valence-electron chi connectivity index (χ1n) is 4.36. The van der Waals surface area contributed by atoms with Crippen LogP contribution in [0, 0.1) is 0 Å². The summed E-state index contributed by atoms with van der Waals surface area (Å²) in [5.41, 5.74) is 2.45. The first kappa shape index (κ1) is 8.39. The van der Waals surface area contributed by atoms with Crippen molar-refractivity contribution in [3.05, 3.63) is 36.4 Å². The van der Waals surface area contributed by atoms with E-state index in [0.29, 0.717) is 0 Å². The molecule has 0 bridgehead atoms. The van der Waals surface area contributed by atoms with E-state index in [4.69, 9.17) is 4.65 Å². The molecule has 0 fully saturated rings. The fourth-order valence-corrected chi connectivity index (χ4v) is 1.65. The van der Waals surface area contributed by atoms with Gasteiger partial charge in [-0.3, -0.25) is 0 Å². The summed E-state index contributed by atoms with van der Waals surface area (Å²) < 4.78 is 5.35. The maximum absolute atomic E-state index is 5.35. The summed E-state index contributed by atoms with van der Waals surface area (Å²) in [6.45, 7) is 0.104. The van der Waals surface area contributed by atoms with Crippen molar-refractivity contribution in [2.24, 2.45) is 0 Å². The smallest absolute Gasteiger partial charge is 0.357 e. The van der Waals surface area contributed by atoms with E-state index in [2.05, 4.69) is 23.0 Å². The van der Waals surface area contributed by atoms with E-state index in [1.54, 1.807) is 7.11 Å². The van der Waals surface area contributed by atoms with Crippen molar-refractivity contribution in [3.63, 3.8) is 0 Å². The summed E-state index contributed by atoms with van der Waals surface area (Å²) in [7, 11) is 3.78. The van der Waals surface area contributed by atoms with Gasteiger partial charge in [0, 0.05) is 19.8 Å². The van der Waals surface area contributed by atoms with E-state index in [-0.39, 0.29) is 6.92 Å². The highest BCUT2D eigenvalue weighted by molar-refractivity contribution is 6.74. The highest BCUT2D eigenvalue weighted by Gasteiger charge is 2.21. The van der Waals surface area contributed by atoms with Gasteiger partial charge >= 0.3 is 6.92 Å². The average molecular weight is 173 g/mol. The number of hydrogen-bond acceptors (Lipinski definition) is 2. The van der Waals surface area contributed by atoms with Gasteiger partial charge in [-0.1, -0.05) is 24.2 Å². The van der Waals surface area contributed by atoms with Crippen LogP contribution >= 0.6 is 0 Å². The van der Waals surface area contributed by atoms with Crippen LogP contribution < -0.4 is 10.4 Å². The molecule has 1 aromatic carbocycles. The summed E-state index contributed by atoms with van der Waals surface area (Å²) in [5, 5.41) is 0. The molecular weight excluding hydrogens is 161 g/mol. The number of anilines is 1. The zero-order chi connectivity index (χ0) is 9.26. The van der Waals surface area contributed by atoms with Crippen LogP contribution in [-0.2, 0) is 4.65 Å². The summed E-state index contributed by atoms with van der Waals surface area (Å²) in [6, 6.07) is 8.29. The predicted molar refractivity (Wildman–Crippen MR) is 56.4 cm³/mol. The number of hydrogen-bond donors (Lipinski definition) is 0. The molecule has 1 aliphatic heterocycles. The Labute approximate surface area is 78.9 Å². The minimum atomic E-state index is 0.104. The predicted octanol–water partition coefficient (Wildman–Crippen LogP) is 1.03. The molecule has 0 saturated heterocycles. The van der Waals surface area contributed by atoms with Gasteiger partial charge in [0.1, 0.15) is 0 Å². The molecule has 0 N–H and O–H groups in total. The fourth-order valence-electron chi connectivity index (χ4n) is 1.65. The standard InChI is InChI=1S/C10H12BNO/c1-12-8-7-11(13-2)9-5-3-4-6-10(9)12/h3-8H,1-2H3. The van der Waals surface area contributed by atoms with Crippen molar-refractivity contribution in [2.75, 3.05) is 19.1 Å². The van der Waals surface area contributed by atoms with E-state index >= 15 is 0 Å². The second kappa shape index (κ2) is 3.26. The molecule has 0 unspecified atom stereocenters. The minimum Gasteiger partial charge on any atom is -0.430 e. The summed E-state index contributed by atoms with van der Waals surface area (Å²) in [4.78, 5) is 2.10. The molecule has 1 heterocycles. The van der Waals surface area contributed by atoms with Crippen molar-refractivity contribution in [2.45, 2.75) is 0 Å². The maximum atomic E-state index is 5.35. The Morgan fingerprint density at radius 1 is 1.31 bits per heavy atom. The number of para-hydroxylation sites is 1. The summed E-state index contributed by atoms with van der Waals surface area (Å²) in [6.07, 6.45) is 2.04. The summed E-state index contributed by atoms with van der Waals surface area (Å²) in [5.74, 6) is 2.06. The van der Waals surface area contributed by atoms with Crippen molar-refractivity contribution < 1.29 is 4.65 Å². The Hall–Kier alpha value is -1.22. The van der Waals surface area contributed by atoms with Gasteiger partial charge in [-0.25, -0.2) is 0 Å². The number of rotatable bonds is 1. The lowest BCUT2D eigenvalue weighted by molar-refractivity contribution is 0.438. The second-order valence-electron chi connectivity index (χ2n) is 3.17. The third-order valence-corrected chi connectivity index (χ3v) is 2.36. The van der Waals surface area contributed by atoms with Crippen LogP contribution in [0.25, 0.3) is 0 Å². The Kier molecular flexibility index (Phi) is 2.11. The zero-order valence-electron chi connectivity index (χ0n) is 7.90. The van der Waals surface area contributed by atoms with Gasteiger partial charge in [0.15, 0.2) is 0 Å². The molecule has 0 aromatic heterocycles. The van der Waals surface area contributed by atoms with Crippen molar-refractivity contribution in [1.82, 2.24) is 0 Å². The molecule has 66 valence electrons. The second-order valence-corrected chi connectivity index (χ2v) is 3.17. The van der Waals surface area contributed by atoms with Gasteiger partial charge < -0.3 is 9.55 Å². The number of benzene rings is 1. The van der Waals surface area contributed by atoms with Crippen LogP contribution in [0.5, 0.6) is 0 Å². The van der Waals surface area contributed by atoms with Gasteiger partial charge in [-0.15, -0.1) is 0 Å². The molecule has 0 amide bonds. The lowest BCUT2D eigenvalue weighted by atomic mass is 9.59. The third kappa shape index (κ3) is 1.35. The van der Waals surface area contributed by atoms with Crippen LogP contribution in [0.1, 0.15) is 0 Å².